The van der Waals surface area contributed by atoms with Gasteiger partial charge in [-0.1, -0.05) is 24.3 Å². The Morgan fingerprint density at radius 3 is 2.34 bits per heavy atom. The Labute approximate surface area is 184 Å². The van der Waals surface area contributed by atoms with Crippen LogP contribution in [0.5, 0.6) is 0 Å². The first-order valence-electron chi connectivity index (χ1n) is 10.5. The van der Waals surface area contributed by atoms with Crippen LogP contribution in [0.15, 0.2) is 53.3 Å². The maximum absolute atomic E-state index is 13.2. The Kier molecular flexibility index (Phi) is 5.85. The summed E-state index contributed by atoms with van der Waals surface area (Å²) in [7, 11) is 0. The molecule has 0 aliphatic carbocycles. The largest absolute Gasteiger partial charge is 0.329 e. The Bertz CT molecular complexity index is 1230. The molecule has 0 bridgehead atoms. The van der Waals surface area contributed by atoms with Gasteiger partial charge in [0, 0.05) is 24.4 Å². The molecular weight excluding hydrogens is 408 g/mol. The van der Waals surface area contributed by atoms with Gasteiger partial charge in [0.1, 0.15) is 5.82 Å². The van der Waals surface area contributed by atoms with E-state index < -0.39 is 0 Å². The molecule has 0 unspecified atom stereocenters. The summed E-state index contributed by atoms with van der Waals surface area (Å²) < 4.78 is 0. The molecule has 164 valence electrons. The number of hydrogen-bond acceptors (Lipinski definition) is 5. The molecule has 2 heterocycles. The number of rotatable bonds is 6. The molecule has 0 saturated carbocycles. The number of carbonyl (C=O) groups is 3. The third kappa shape index (κ3) is 4.30. The van der Waals surface area contributed by atoms with Crippen molar-refractivity contribution >= 4 is 28.6 Å². The molecule has 8 heteroatoms. The number of amides is 3. The monoisotopic (exact) mass is 432 g/mol. The predicted octanol–water partition coefficient (Wildman–Crippen LogP) is 2.62. The molecule has 1 aliphatic heterocycles. The van der Waals surface area contributed by atoms with Crippen LogP contribution in [0.3, 0.4) is 0 Å². The zero-order valence-electron chi connectivity index (χ0n) is 18.0. The van der Waals surface area contributed by atoms with Crippen LogP contribution < -0.4 is 5.56 Å². The van der Waals surface area contributed by atoms with Gasteiger partial charge in [0.2, 0.25) is 11.8 Å². The number of nitrogens with zero attached hydrogens (tertiary/aromatic N) is 3. The third-order valence-electron chi connectivity index (χ3n) is 5.56. The topological polar surface area (TPSA) is 103 Å². The second kappa shape index (κ2) is 8.74. The second-order valence-electron chi connectivity index (χ2n) is 8.13. The average molecular weight is 432 g/mol. The lowest BCUT2D eigenvalue weighted by Gasteiger charge is -2.26. The number of imide groups is 1. The van der Waals surface area contributed by atoms with Crippen LogP contribution in [0.4, 0.5) is 0 Å². The maximum Gasteiger partial charge on any atom is 0.258 e. The van der Waals surface area contributed by atoms with E-state index in [-0.39, 0.29) is 55.3 Å². The lowest BCUT2D eigenvalue weighted by atomic mass is 10.1. The highest BCUT2D eigenvalue weighted by Gasteiger charge is 2.28. The van der Waals surface area contributed by atoms with Gasteiger partial charge in [-0.3, -0.25) is 24.1 Å². The van der Waals surface area contributed by atoms with Crippen LogP contribution >= 0.6 is 0 Å². The molecule has 0 spiro atoms. The van der Waals surface area contributed by atoms with Gasteiger partial charge in [-0.25, -0.2) is 4.98 Å². The zero-order valence-corrected chi connectivity index (χ0v) is 18.0. The van der Waals surface area contributed by atoms with E-state index in [4.69, 9.17) is 0 Å². The molecule has 4 rings (SSSR count). The molecule has 1 saturated heterocycles. The van der Waals surface area contributed by atoms with Crippen LogP contribution in [-0.4, -0.2) is 43.5 Å². The zero-order chi connectivity index (χ0) is 22.8. The van der Waals surface area contributed by atoms with Crippen molar-refractivity contribution in [2.75, 3.05) is 0 Å². The summed E-state index contributed by atoms with van der Waals surface area (Å²) in [6, 6.07) is 13.8. The molecule has 3 aromatic rings. The standard InChI is InChI=1S/C24H24N4O4/c1-15(2)27(14-20-25-19-6-4-3-5-18(19)23(31)26-20)24(32)17-9-7-16(8-10-17)13-28-21(29)11-12-22(28)30/h3-10,15H,11-14H2,1-2H3,(H,25,26,31). The van der Waals surface area contributed by atoms with E-state index >= 15 is 0 Å². The lowest BCUT2D eigenvalue weighted by Crippen LogP contribution is -2.37. The highest BCUT2D eigenvalue weighted by atomic mass is 16.2. The second-order valence-corrected chi connectivity index (χ2v) is 8.13. The number of likely N-dealkylation sites (tertiary alicyclic amines) is 1. The summed E-state index contributed by atoms with van der Waals surface area (Å²) in [6.07, 6.45) is 0.507. The fraction of sp³-hybridized carbons (Fsp3) is 0.292. The summed E-state index contributed by atoms with van der Waals surface area (Å²) >= 11 is 0. The number of fused-ring (bicyclic) bond motifs is 1. The van der Waals surface area contributed by atoms with Gasteiger partial charge >= 0.3 is 0 Å². The number of benzene rings is 2. The summed E-state index contributed by atoms with van der Waals surface area (Å²) in [4.78, 5) is 59.3. The van der Waals surface area contributed by atoms with Crippen molar-refractivity contribution in [1.82, 2.24) is 19.8 Å². The van der Waals surface area contributed by atoms with Crippen molar-refractivity contribution < 1.29 is 14.4 Å². The number of aromatic nitrogens is 2. The van der Waals surface area contributed by atoms with Gasteiger partial charge in [0.25, 0.3) is 11.5 Å². The fourth-order valence-corrected chi connectivity index (χ4v) is 3.76. The Morgan fingerprint density at radius 2 is 1.69 bits per heavy atom. The van der Waals surface area contributed by atoms with Gasteiger partial charge in [-0.05, 0) is 43.7 Å². The van der Waals surface area contributed by atoms with Crippen molar-refractivity contribution in [3.05, 3.63) is 75.8 Å². The Balaban J connectivity index is 1.53. The molecule has 0 atom stereocenters. The molecule has 0 radical (unpaired) electrons. The van der Waals surface area contributed by atoms with Crippen LogP contribution in [-0.2, 0) is 22.7 Å². The highest BCUT2D eigenvalue weighted by Crippen LogP contribution is 2.18. The van der Waals surface area contributed by atoms with Crippen LogP contribution in [0.25, 0.3) is 10.9 Å². The molecule has 32 heavy (non-hydrogen) atoms. The first-order valence-corrected chi connectivity index (χ1v) is 10.5. The van der Waals surface area contributed by atoms with E-state index in [1.807, 2.05) is 19.9 Å². The van der Waals surface area contributed by atoms with E-state index in [0.717, 1.165) is 5.56 Å². The third-order valence-corrected chi connectivity index (χ3v) is 5.56. The molecule has 1 aliphatic rings. The van der Waals surface area contributed by atoms with Gasteiger partial charge in [0.15, 0.2) is 0 Å². The van der Waals surface area contributed by atoms with Crippen molar-refractivity contribution in [2.24, 2.45) is 0 Å². The smallest absolute Gasteiger partial charge is 0.258 e. The average Bonchev–Trinajstić information content (AvgIpc) is 3.09. The minimum Gasteiger partial charge on any atom is -0.329 e. The van der Waals surface area contributed by atoms with Crippen LogP contribution in [0.1, 0.15) is 48.4 Å². The van der Waals surface area contributed by atoms with Crippen molar-refractivity contribution in [1.29, 1.82) is 0 Å². The normalized spacial score (nSPS) is 13.9. The van der Waals surface area contributed by atoms with Crippen molar-refractivity contribution in [3.8, 4) is 0 Å². The first kappa shape index (κ1) is 21.4. The van der Waals surface area contributed by atoms with E-state index in [1.54, 1.807) is 47.4 Å². The number of carbonyl (C=O) groups excluding carboxylic acids is 3. The lowest BCUT2D eigenvalue weighted by molar-refractivity contribution is -0.139. The van der Waals surface area contributed by atoms with Gasteiger partial charge in [0.05, 0.1) is 24.0 Å². The molecule has 1 aromatic heterocycles. The quantitative estimate of drug-likeness (QED) is 0.603. The van der Waals surface area contributed by atoms with Crippen molar-refractivity contribution in [2.45, 2.75) is 45.8 Å². The van der Waals surface area contributed by atoms with Crippen LogP contribution in [0, 0.1) is 0 Å². The summed E-state index contributed by atoms with van der Waals surface area (Å²) in [5.74, 6) is -0.120. The summed E-state index contributed by atoms with van der Waals surface area (Å²) in [5, 5.41) is 0.504. The number of hydrogen-bond donors (Lipinski definition) is 1. The van der Waals surface area contributed by atoms with E-state index in [2.05, 4.69) is 9.97 Å². The number of H-pyrrole nitrogens is 1. The van der Waals surface area contributed by atoms with Gasteiger partial charge in [-0.15, -0.1) is 0 Å². The highest BCUT2D eigenvalue weighted by molar-refractivity contribution is 6.01. The Hall–Kier alpha value is -3.81. The predicted molar refractivity (Wildman–Crippen MR) is 119 cm³/mol. The van der Waals surface area contributed by atoms with Gasteiger partial charge in [-0.2, -0.15) is 0 Å². The summed E-state index contributed by atoms with van der Waals surface area (Å²) in [5.41, 5.74) is 1.60. The number of nitrogens with one attached hydrogen (secondary N) is 1. The molecule has 1 fully saturated rings. The van der Waals surface area contributed by atoms with Crippen molar-refractivity contribution in [3.63, 3.8) is 0 Å². The van der Waals surface area contributed by atoms with E-state index in [1.165, 1.54) is 4.90 Å². The Morgan fingerprint density at radius 1 is 1.03 bits per heavy atom. The minimum absolute atomic E-state index is 0.126. The number of para-hydroxylation sites is 1. The first-order chi connectivity index (χ1) is 15.3. The van der Waals surface area contributed by atoms with E-state index in [0.29, 0.717) is 22.3 Å². The minimum atomic E-state index is -0.239. The maximum atomic E-state index is 13.2. The van der Waals surface area contributed by atoms with Crippen LogP contribution in [0.2, 0.25) is 0 Å². The molecule has 2 aromatic carbocycles. The molecule has 8 nitrogen and oxygen atoms in total. The molecular formula is C24H24N4O4. The number of aromatic amines is 1. The fourth-order valence-electron chi connectivity index (χ4n) is 3.76. The van der Waals surface area contributed by atoms with Gasteiger partial charge < -0.3 is 9.88 Å². The van der Waals surface area contributed by atoms with E-state index in [9.17, 15) is 19.2 Å². The summed E-state index contributed by atoms with van der Waals surface area (Å²) in [6.45, 7) is 4.17. The molecule has 1 N–H and O–H groups in total. The molecule has 3 amide bonds. The SMILES string of the molecule is CC(C)N(Cc1nc2ccccc2c(=O)[nH]1)C(=O)c1ccc(CN2C(=O)CCC2=O)cc1.